The molecule has 2 aromatic carbocycles. The van der Waals surface area contributed by atoms with Gasteiger partial charge < -0.3 is 25.4 Å². The molecule has 1 saturated heterocycles. The molecule has 40 heavy (non-hydrogen) atoms. The number of esters is 1. The molecular weight excluding hydrogens is 515 g/mol. The van der Waals surface area contributed by atoms with Crippen molar-refractivity contribution in [1.29, 1.82) is 0 Å². The maximum Gasteiger partial charge on any atom is 0.346 e. The number of piperidine rings is 1. The van der Waals surface area contributed by atoms with Crippen molar-refractivity contribution in [3.8, 4) is 11.5 Å². The molecule has 4 aromatic rings. The summed E-state index contributed by atoms with van der Waals surface area (Å²) in [5.74, 6) is 0.983. The average molecular weight is 545 g/mol. The number of carbonyl (C=O) groups is 2. The minimum atomic E-state index is -0.566. The van der Waals surface area contributed by atoms with E-state index < -0.39 is 11.6 Å². The minimum Gasteiger partial charge on any atom is -0.459 e. The Bertz CT molecular complexity index is 1450. The number of aromatic nitrogens is 3. The molecule has 0 saturated carbocycles. The van der Waals surface area contributed by atoms with Gasteiger partial charge in [0.1, 0.15) is 22.9 Å². The van der Waals surface area contributed by atoms with Crippen LogP contribution in [0, 0.1) is 5.82 Å². The lowest BCUT2D eigenvalue weighted by Crippen LogP contribution is -2.46. The maximum atomic E-state index is 13.1. The normalized spacial score (nSPS) is 14.2. The second-order valence-electron chi connectivity index (χ2n) is 9.52. The number of hydrogen-bond donors (Lipinski definition) is 3. The van der Waals surface area contributed by atoms with Crippen LogP contribution in [0.3, 0.4) is 0 Å². The molecule has 2 aromatic heterocycles. The molecule has 0 radical (unpaired) electrons. The summed E-state index contributed by atoms with van der Waals surface area (Å²) in [5.41, 5.74) is 1.48. The number of ether oxygens (including phenoxy) is 2. The lowest BCUT2D eigenvalue weighted by Gasteiger charge is -2.36. The summed E-state index contributed by atoms with van der Waals surface area (Å²) in [6, 6.07) is 17.8. The van der Waals surface area contributed by atoms with Gasteiger partial charge in [0.15, 0.2) is 5.82 Å². The van der Waals surface area contributed by atoms with Crippen molar-refractivity contribution in [2.24, 2.45) is 0 Å². The van der Waals surface area contributed by atoms with E-state index in [0.29, 0.717) is 29.4 Å². The van der Waals surface area contributed by atoms with Crippen LogP contribution in [0.15, 0.2) is 79.1 Å². The Hall–Kier alpha value is -4.77. The molecule has 10 nitrogen and oxygen atoms in total. The van der Waals surface area contributed by atoms with Crippen molar-refractivity contribution >= 4 is 29.2 Å². The van der Waals surface area contributed by atoms with Gasteiger partial charge in [0.25, 0.3) is 0 Å². The molecule has 0 aliphatic carbocycles. The van der Waals surface area contributed by atoms with Crippen molar-refractivity contribution in [2.75, 3.05) is 23.7 Å². The Balaban J connectivity index is 1.15. The molecule has 3 N–H and O–H groups in total. The quantitative estimate of drug-likeness (QED) is 0.257. The Kier molecular flexibility index (Phi) is 8.02. The summed E-state index contributed by atoms with van der Waals surface area (Å²) in [7, 11) is 0. The van der Waals surface area contributed by atoms with Crippen LogP contribution in [0.4, 0.5) is 26.4 Å². The zero-order valence-corrected chi connectivity index (χ0v) is 21.9. The molecule has 0 bridgehead atoms. The van der Waals surface area contributed by atoms with E-state index in [1.165, 1.54) is 23.7 Å². The van der Waals surface area contributed by atoms with Crippen molar-refractivity contribution in [2.45, 2.75) is 31.8 Å². The Morgan fingerprint density at radius 1 is 0.975 bits per heavy atom. The Morgan fingerprint density at radius 3 is 2.30 bits per heavy atom. The topological polar surface area (TPSA) is 119 Å². The van der Waals surface area contributed by atoms with Crippen molar-refractivity contribution in [1.82, 2.24) is 20.1 Å². The van der Waals surface area contributed by atoms with Gasteiger partial charge in [-0.1, -0.05) is 0 Å². The molecule has 0 spiro atoms. The first kappa shape index (κ1) is 26.8. The van der Waals surface area contributed by atoms with E-state index in [1.807, 2.05) is 6.07 Å². The fourth-order valence-electron chi connectivity index (χ4n) is 4.51. The summed E-state index contributed by atoms with van der Waals surface area (Å²) >= 11 is 0. The predicted molar refractivity (Wildman–Crippen MR) is 147 cm³/mol. The number of carbonyl (C=O) groups excluding carboxylic acids is 2. The van der Waals surface area contributed by atoms with E-state index in [-0.39, 0.29) is 11.8 Å². The summed E-state index contributed by atoms with van der Waals surface area (Å²) in [4.78, 5) is 28.9. The SMILES string of the molecule is CC(=O)OC1(Cc2ccc(NC(=O)n3ccc(Nc4ccc(Oc5ccc(F)cc5)cc4)n3)cn2)CCNCC1. The van der Waals surface area contributed by atoms with Gasteiger partial charge in [0.2, 0.25) is 0 Å². The third-order valence-corrected chi connectivity index (χ3v) is 6.43. The Morgan fingerprint density at radius 2 is 1.65 bits per heavy atom. The van der Waals surface area contributed by atoms with Gasteiger partial charge >= 0.3 is 12.0 Å². The first-order valence-corrected chi connectivity index (χ1v) is 12.9. The van der Waals surface area contributed by atoms with Crippen LogP contribution in [0.1, 0.15) is 25.5 Å². The number of amides is 1. The lowest BCUT2D eigenvalue weighted by atomic mass is 9.87. The van der Waals surface area contributed by atoms with E-state index in [1.54, 1.807) is 60.9 Å². The number of hydrogen-bond acceptors (Lipinski definition) is 8. The van der Waals surface area contributed by atoms with Gasteiger partial charge in [-0.05, 0) is 73.8 Å². The molecular formula is C29H29FN6O4. The lowest BCUT2D eigenvalue weighted by molar-refractivity contribution is -0.159. The van der Waals surface area contributed by atoms with Crippen LogP contribution in [-0.2, 0) is 16.0 Å². The maximum absolute atomic E-state index is 13.1. The van der Waals surface area contributed by atoms with E-state index in [2.05, 4.69) is 26.0 Å². The van der Waals surface area contributed by atoms with E-state index >= 15 is 0 Å². The highest BCUT2D eigenvalue weighted by Crippen LogP contribution is 2.28. The summed E-state index contributed by atoms with van der Waals surface area (Å²) in [5, 5.41) is 13.5. The number of halogens is 1. The fourth-order valence-corrected chi connectivity index (χ4v) is 4.51. The predicted octanol–water partition coefficient (Wildman–Crippen LogP) is 5.26. The molecule has 206 valence electrons. The van der Waals surface area contributed by atoms with Gasteiger partial charge in [0, 0.05) is 49.8 Å². The van der Waals surface area contributed by atoms with Crippen molar-refractivity contribution in [3.63, 3.8) is 0 Å². The van der Waals surface area contributed by atoms with Gasteiger partial charge in [-0.2, -0.15) is 4.68 Å². The van der Waals surface area contributed by atoms with Gasteiger partial charge in [-0.3, -0.25) is 9.78 Å². The number of anilines is 3. The zero-order valence-electron chi connectivity index (χ0n) is 21.9. The number of nitrogens with zero attached hydrogens (tertiary/aromatic N) is 3. The highest BCUT2D eigenvalue weighted by molar-refractivity contribution is 5.90. The van der Waals surface area contributed by atoms with Crippen LogP contribution in [0.5, 0.6) is 11.5 Å². The summed E-state index contributed by atoms with van der Waals surface area (Å²) < 4.78 is 25.6. The molecule has 1 aliphatic heterocycles. The average Bonchev–Trinajstić information content (AvgIpc) is 3.41. The Labute approximate surface area is 230 Å². The highest BCUT2D eigenvalue weighted by Gasteiger charge is 2.35. The van der Waals surface area contributed by atoms with Crippen LogP contribution in [-0.4, -0.2) is 45.5 Å². The molecule has 1 amide bonds. The number of rotatable bonds is 8. The van der Waals surface area contributed by atoms with Gasteiger partial charge in [-0.25, -0.2) is 9.18 Å². The largest absolute Gasteiger partial charge is 0.459 e. The fraction of sp³-hybridized carbons (Fsp3) is 0.241. The monoisotopic (exact) mass is 544 g/mol. The van der Waals surface area contributed by atoms with Crippen molar-refractivity contribution in [3.05, 3.63) is 90.6 Å². The second-order valence-corrected chi connectivity index (χ2v) is 9.52. The van der Waals surface area contributed by atoms with Crippen LogP contribution >= 0.6 is 0 Å². The third-order valence-electron chi connectivity index (χ3n) is 6.43. The molecule has 0 atom stereocenters. The third kappa shape index (κ3) is 7.00. The summed E-state index contributed by atoms with van der Waals surface area (Å²) in [6.07, 6.45) is 5.07. The van der Waals surface area contributed by atoms with E-state index in [9.17, 15) is 14.0 Å². The van der Waals surface area contributed by atoms with Gasteiger partial charge in [-0.15, -0.1) is 5.10 Å². The highest BCUT2D eigenvalue weighted by atomic mass is 19.1. The molecule has 1 fully saturated rings. The van der Waals surface area contributed by atoms with Crippen LogP contribution in [0.2, 0.25) is 0 Å². The van der Waals surface area contributed by atoms with E-state index in [4.69, 9.17) is 9.47 Å². The zero-order chi connectivity index (χ0) is 28.0. The second kappa shape index (κ2) is 12.0. The molecule has 0 unspecified atom stereocenters. The summed E-state index contributed by atoms with van der Waals surface area (Å²) in [6.45, 7) is 2.98. The number of benzene rings is 2. The van der Waals surface area contributed by atoms with Crippen LogP contribution in [0.25, 0.3) is 0 Å². The molecule has 5 rings (SSSR count). The standard InChI is InChI=1S/C29H29FN6O4/c1-20(37)40-29(13-15-31-16-14-29)18-23-4-5-24(19-32-23)34-28(38)36-17-12-27(35-36)33-22-6-10-26(11-7-22)39-25-8-2-21(30)3-9-25/h2-12,17,19,31H,13-16,18H2,1H3,(H,33,35)(H,34,38). The first-order valence-electron chi connectivity index (χ1n) is 12.9. The van der Waals surface area contributed by atoms with Crippen LogP contribution < -0.4 is 20.7 Å². The first-order chi connectivity index (χ1) is 19.4. The molecule has 1 aliphatic rings. The van der Waals surface area contributed by atoms with Crippen molar-refractivity contribution < 1.29 is 23.5 Å². The molecule has 11 heteroatoms. The minimum absolute atomic E-state index is 0.299. The number of nitrogens with one attached hydrogen (secondary N) is 3. The molecule has 3 heterocycles. The van der Waals surface area contributed by atoms with E-state index in [0.717, 1.165) is 37.3 Å². The number of pyridine rings is 1. The van der Waals surface area contributed by atoms with Gasteiger partial charge in [0.05, 0.1) is 11.9 Å². The smallest absolute Gasteiger partial charge is 0.346 e.